The minimum absolute atomic E-state index is 0.114. The van der Waals surface area contributed by atoms with Gasteiger partial charge in [0, 0.05) is 12.5 Å². The largest absolute Gasteiger partial charge is 0.381 e. The van der Waals surface area contributed by atoms with Gasteiger partial charge in [0.2, 0.25) is 0 Å². The minimum Gasteiger partial charge on any atom is -0.381 e. The maximum absolute atomic E-state index is 10.1. The Morgan fingerprint density at radius 3 is 2.27 bits per heavy atom. The predicted molar refractivity (Wildman–Crippen MR) is 43.6 cm³/mol. The molecule has 11 heavy (non-hydrogen) atoms. The molecule has 0 fully saturated rings. The average Bonchev–Trinajstić information content (AvgIpc) is 1.80. The van der Waals surface area contributed by atoms with E-state index in [1.807, 2.05) is 20.8 Å². The molecule has 4 heteroatoms. The second-order valence-corrected chi connectivity index (χ2v) is 3.44. The molecule has 0 aromatic heterocycles. The van der Waals surface area contributed by atoms with Gasteiger partial charge in [0.1, 0.15) is 0 Å². The van der Waals surface area contributed by atoms with Gasteiger partial charge in [-0.3, -0.25) is 10.1 Å². The second-order valence-electron chi connectivity index (χ2n) is 3.44. The summed E-state index contributed by atoms with van der Waals surface area (Å²) in [5.74, 6) is 0. The van der Waals surface area contributed by atoms with Crippen LogP contribution in [0.3, 0.4) is 0 Å². The van der Waals surface area contributed by atoms with E-state index in [-0.39, 0.29) is 11.2 Å². The van der Waals surface area contributed by atoms with Crippen LogP contribution in [0, 0.1) is 10.1 Å². The Labute approximate surface area is 66.4 Å². The molecule has 0 radical (unpaired) electrons. The van der Waals surface area contributed by atoms with Crippen LogP contribution in [0.1, 0.15) is 27.7 Å². The zero-order valence-electron chi connectivity index (χ0n) is 7.34. The van der Waals surface area contributed by atoms with Gasteiger partial charge < -0.3 is 5.32 Å². The van der Waals surface area contributed by atoms with E-state index in [0.717, 1.165) is 0 Å². The van der Waals surface area contributed by atoms with Crippen LogP contribution in [0.15, 0.2) is 11.9 Å². The number of allylic oxidation sites excluding steroid dienone is 1. The average molecular weight is 158 g/mol. The third-order valence-corrected chi connectivity index (χ3v) is 1.00. The Hall–Kier alpha value is -1.06. The van der Waals surface area contributed by atoms with Gasteiger partial charge in [0.05, 0.1) is 11.1 Å². The number of rotatable bonds is 2. The number of nitrogens with one attached hydrogen (secondary N) is 1. The van der Waals surface area contributed by atoms with E-state index < -0.39 is 4.92 Å². The SMILES string of the molecule is C/C(=C\NC(C)(C)C)[N+](=O)[O-]. The highest BCUT2D eigenvalue weighted by molar-refractivity contribution is 4.89. The molecule has 0 aliphatic rings. The summed E-state index contributed by atoms with van der Waals surface area (Å²) in [4.78, 5) is 9.70. The molecule has 0 rings (SSSR count). The molecule has 0 atom stereocenters. The quantitative estimate of drug-likeness (QED) is 0.489. The smallest absolute Gasteiger partial charge is 0.258 e. The first kappa shape index (κ1) is 9.94. The maximum atomic E-state index is 10.1. The predicted octanol–water partition coefficient (Wildman–Crippen LogP) is 1.51. The molecule has 0 saturated heterocycles. The van der Waals surface area contributed by atoms with Crippen LogP contribution in [0.25, 0.3) is 0 Å². The van der Waals surface area contributed by atoms with Crippen molar-refractivity contribution in [1.82, 2.24) is 5.32 Å². The normalized spacial score (nSPS) is 12.9. The Balaban J connectivity index is 4.04. The van der Waals surface area contributed by atoms with Gasteiger partial charge in [-0.05, 0) is 20.8 Å². The van der Waals surface area contributed by atoms with E-state index in [1.165, 1.54) is 13.1 Å². The van der Waals surface area contributed by atoms with Crippen LogP contribution in [0.2, 0.25) is 0 Å². The van der Waals surface area contributed by atoms with Crippen LogP contribution >= 0.6 is 0 Å². The third-order valence-electron chi connectivity index (χ3n) is 1.00. The van der Waals surface area contributed by atoms with Crippen molar-refractivity contribution in [2.45, 2.75) is 33.2 Å². The van der Waals surface area contributed by atoms with Crippen molar-refractivity contribution in [2.24, 2.45) is 0 Å². The lowest BCUT2D eigenvalue weighted by Gasteiger charge is -2.17. The monoisotopic (exact) mass is 158 g/mol. The zero-order chi connectivity index (χ0) is 9.07. The molecule has 0 aliphatic carbocycles. The third kappa shape index (κ3) is 5.39. The maximum Gasteiger partial charge on any atom is 0.258 e. The summed E-state index contributed by atoms with van der Waals surface area (Å²) in [7, 11) is 0. The molecule has 4 nitrogen and oxygen atoms in total. The van der Waals surface area contributed by atoms with Crippen LogP contribution in [0.5, 0.6) is 0 Å². The summed E-state index contributed by atoms with van der Waals surface area (Å²) in [6.07, 6.45) is 1.42. The Bertz CT molecular complexity index is 179. The van der Waals surface area contributed by atoms with Crippen molar-refractivity contribution in [3.63, 3.8) is 0 Å². The van der Waals surface area contributed by atoms with Crippen LogP contribution < -0.4 is 5.32 Å². The number of hydrogen-bond donors (Lipinski definition) is 1. The Kier molecular flexibility index (Phi) is 3.04. The van der Waals surface area contributed by atoms with E-state index in [9.17, 15) is 10.1 Å². The lowest BCUT2D eigenvalue weighted by atomic mass is 10.1. The molecule has 1 N–H and O–H groups in total. The lowest BCUT2D eigenvalue weighted by Crippen LogP contribution is -2.31. The number of hydrogen-bond acceptors (Lipinski definition) is 3. The van der Waals surface area contributed by atoms with E-state index in [4.69, 9.17) is 0 Å². The first-order valence-electron chi connectivity index (χ1n) is 3.42. The molecule has 0 bridgehead atoms. The Morgan fingerprint density at radius 1 is 1.55 bits per heavy atom. The minimum atomic E-state index is -0.418. The molecule has 0 aliphatic heterocycles. The number of nitro groups is 1. The molecule has 0 spiro atoms. The highest BCUT2D eigenvalue weighted by Crippen LogP contribution is 1.99. The summed E-state index contributed by atoms with van der Waals surface area (Å²) >= 11 is 0. The second kappa shape index (κ2) is 3.37. The Morgan fingerprint density at radius 2 is 2.00 bits per heavy atom. The lowest BCUT2D eigenvalue weighted by molar-refractivity contribution is -0.424. The molecular formula is C7H14N2O2. The van der Waals surface area contributed by atoms with Crippen molar-refractivity contribution < 1.29 is 4.92 Å². The molecule has 0 aromatic carbocycles. The fourth-order valence-corrected chi connectivity index (χ4v) is 0.374. The fourth-order valence-electron chi connectivity index (χ4n) is 0.374. The van der Waals surface area contributed by atoms with Crippen molar-refractivity contribution in [3.8, 4) is 0 Å². The van der Waals surface area contributed by atoms with E-state index in [0.29, 0.717) is 0 Å². The highest BCUT2D eigenvalue weighted by Gasteiger charge is 2.08. The van der Waals surface area contributed by atoms with Crippen molar-refractivity contribution >= 4 is 0 Å². The summed E-state index contributed by atoms with van der Waals surface area (Å²) in [6.45, 7) is 7.28. The fraction of sp³-hybridized carbons (Fsp3) is 0.714. The van der Waals surface area contributed by atoms with Crippen molar-refractivity contribution in [1.29, 1.82) is 0 Å². The van der Waals surface area contributed by atoms with Gasteiger partial charge in [-0.2, -0.15) is 0 Å². The van der Waals surface area contributed by atoms with Gasteiger partial charge in [-0.25, -0.2) is 0 Å². The molecule has 0 unspecified atom stereocenters. The topological polar surface area (TPSA) is 55.2 Å². The molecule has 0 heterocycles. The standard InChI is InChI=1S/C7H14N2O2/c1-6(9(10)11)5-8-7(2,3)4/h5,8H,1-4H3/b6-5+. The van der Waals surface area contributed by atoms with Gasteiger partial charge in [0.15, 0.2) is 0 Å². The first-order valence-corrected chi connectivity index (χ1v) is 3.42. The van der Waals surface area contributed by atoms with Crippen molar-refractivity contribution in [3.05, 3.63) is 22.0 Å². The van der Waals surface area contributed by atoms with Crippen LogP contribution in [-0.2, 0) is 0 Å². The van der Waals surface area contributed by atoms with Gasteiger partial charge >= 0.3 is 0 Å². The molecule has 0 saturated carbocycles. The summed E-state index contributed by atoms with van der Waals surface area (Å²) in [5.41, 5.74) is 0.0111. The van der Waals surface area contributed by atoms with E-state index in [2.05, 4.69) is 5.32 Å². The van der Waals surface area contributed by atoms with Crippen LogP contribution in [0.4, 0.5) is 0 Å². The summed E-state index contributed by atoms with van der Waals surface area (Å²) in [5, 5.41) is 13.0. The van der Waals surface area contributed by atoms with Gasteiger partial charge in [0.25, 0.3) is 5.70 Å². The molecule has 0 aromatic rings. The van der Waals surface area contributed by atoms with E-state index in [1.54, 1.807) is 0 Å². The molecule has 0 amide bonds. The number of nitrogens with zero attached hydrogens (tertiary/aromatic N) is 1. The van der Waals surface area contributed by atoms with Gasteiger partial charge in [-0.1, -0.05) is 0 Å². The first-order chi connectivity index (χ1) is 4.83. The molecule has 64 valence electrons. The van der Waals surface area contributed by atoms with Crippen LogP contribution in [-0.4, -0.2) is 10.5 Å². The highest BCUT2D eigenvalue weighted by atomic mass is 16.6. The zero-order valence-corrected chi connectivity index (χ0v) is 7.34. The van der Waals surface area contributed by atoms with Crippen molar-refractivity contribution in [2.75, 3.05) is 0 Å². The van der Waals surface area contributed by atoms with E-state index >= 15 is 0 Å². The van der Waals surface area contributed by atoms with Gasteiger partial charge in [-0.15, -0.1) is 0 Å². The molecular weight excluding hydrogens is 144 g/mol. The summed E-state index contributed by atoms with van der Waals surface area (Å²) in [6, 6.07) is 0. The summed E-state index contributed by atoms with van der Waals surface area (Å²) < 4.78 is 0.